The maximum atomic E-state index is 6.27. The molecule has 1 atom stereocenters. The fourth-order valence-electron chi connectivity index (χ4n) is 10.7. The summed E-state index contributed by atoms with van der Waals surface area (Å²) in [7, 11) is 0. The van der Waals surface area contributed by atoms with Gasteiger partial charge in [-0.1, -0.05) is 133 Å². The molecule has 9 aromatic carbocycles. The zero-order valence-corrected chi connectivity index (χ0v) is 32.4. The number of rotatable bonds is 4. The number of nitrogens with zero attached hydrogens (tertiary/aromatic N) is 2. The molecule has 0 bridgehead atoms. The van der Waals surface area contributed by atoms with Gasteiger partial charge in [0.05, 0.1) is 22.4 Å². The molecule has 0 N–H and O–H groups in total. The molecule has 2 aliphatic rings. The van der Waals surface area contributed by atoms with E-state index in [0.717, 1.165) is 38.9 Å². The smallest absolute Gasteiger partial charge is 0.136 e. The number of benzene rings is 9. The summed E-state index contributed by atoms with van der Waals surface area (Å²) >= 11 is 0. The zero-order chi connectivity index (χ0) is 38.8. The number of anilines is 3. The minimum Gasteiger partial charge on any atom is -0.456 e. The van der Waals surface area contributed by atoms with Crippen LogP contribution in [0.3, 0.4) is 0 Å². The van der Waals surface area contributed by atoms with Crippen LogP contribution in [0.2, 0.25) is 0 Å². The summed E-state index contributed by atoms with van der Waals surface area (Å²) in [6.45, 7) is 2.45. The highest BCUT2D eigenvalue weighted by atomic mass is 16.3. The fraction of sp³-hybridized carbons (Fsp3) is 0.0357. The third kappa shape index (κ3) is 4.36. The SMILES string of the molecule is CC12c3ccccc3-c3cccc(c31)N(c1ccc(-c3cccc4oc5ccccc5c34)cc1)c1ccc(-c3cccc4c3c3ccccc3n4-c3ccccc3)cc12. The monoisotopic (exact) mass is 752 g/mol. The normalized spacial score (nSPS) is 15.2. The summed E-state index contributed by atoms with van der Waals surface area (Å²) in [5.41, 5.74) is 20.1. The molecule has 276 valence electrons. The van der Waals surface area contributed by atoms with Gasteiger partial charge in [-0.3, -0.25) is 0 Å². The molecular weight excluding hydrogens is 717 g/mol. The Morgan fingerprint density at radius 3 is 1.93 bits per heavy atom. The standard InChI is InChI=1S/C56H36N2O/c1-56-45-22-8-5-16-41(45)42-21-12-25-50(55(42)56)58(38-31-28-35(29-32-38)39-20-13-27-52-54(39)44-18-7-10-26-51(44)59-52)48-33-30-36(34-46(48)56)40-19-11-24-49-53(40)43-17-6-9-23-47(43)57(49)37-14-3-2-4-15-37/h2-34H,1H3. The van der Waals surface area contributed by atoms with Crippen molar-refractivity contribution in [3.63, 3.8) is 0 Å². The quantitative estimate of drug-likeness (QED) is 0.179. The molecule has 0 fully saturated rings. The van der Waals surface area contributed by atoms with Gasteiger partial charge in [0, 0.05) is 38.3 Å². The number of aromatic nitrogens is 1. The van der Waals surface area contributed by atoms with Crippen LogP contribution in [-0.4, -0.2) is 4.57 Å². The Morgan fingerprint density at radius 1 is 0.407 bits per heavy atom. The number of hydrogen-bond donors (Lipinski definition) is 0. The third-order valence-electron chi connectivity index (χ3n) is 13.2. The van der Waals surface area contributed by atoms with Gasteiger partial charge >= 0.3 is 0 Å². The van der Waals surface area contributed by atoms with Crippen molar-refractivity contribution in [3.05, 3.63) is 217 Å². The Bertz CT molecular complexity index is 3520. The highest BCUT2D eigenvalue weighted by Crippen LogP contribution is 2.62. The summed E-state index contributed by atoms with van der Waals surface area (Å²) in [6, 6.07) is 73.3. The van der Waals surface area contributed by atoms with Crippen molar-refractivity contribution in [2.45, 2.75) is 12.3 Å². The van der Waals surface area contributed by atoms with Crippen LogP contribution in [0.5, 0.6) is 0 Å². The Labute approximate surface area is 341 Å². The summed E-state index contributed by atoms with van der Waals surface area (Å²) in [5.74, 6) is 0. The molecule has 1 aliphatic heterocycles. The van der Waals surface area contributed by atoms with Crippen molar-refractivity contribution < 1.29 is 4.42 Å². The maximum Gasteiger partial charge on any atom is 0.136 e. The average molecular weight is 753 g/mol. The molecule has 3 nitrogen and oxygen atoms in total. The number of para-hydroxylation sites is 3. The number of hydrogen-bond acceptors (Lipinski definition) is 2. The summed E-state index contributed by atoms with van der Waals surface area (Å²) in [6.07, 6.45) is 0. The van der Waals surface area contributed by atoms with E-state index < -0.39 is 0 Å². The lowest BCUT2D eigenvalue weighted by Crippen LogP contribution is -2.32. The summed E-state index contributed by atoms with van der Waals surface area (Å²) < 4.78 is 8.68. The van der Waals surface area contributed by atoms with Gasteiger partial charge in [-0.15, -0.1) is 0 Å². The van der Waals surface area contributed by atoms with Crippen molar-refractivity contribution in [2.75, 3.05) is 4.90 Å². The van der Waals surface area contributed by atoms with Gasteiger partial charge in [-0.2, -0.15) is 0 Å². The molecule has 1 unspecified atom stereocenters. The van der Waals surface area contributed by atoms with Crippen LogP contribution in [0.15, 0.2) is 205 Å². The van der Waals surface area contributed by atoms with Crippen LogP contribution in [-0.2, 0) is 5.41 Å². The van der Waals surface area contributed by atoms with Gasteiger partial charge in [0.1, 0.15) is 11.2 Å². The topological polar surface area (TPSA) is 21.3 Å². The van der Waals surface area contributed by atoms with Gasteiger partial charge in [0.25, 0.3) is 0 Å². The van der Waals surface area contributed by atoms with E-state index >= 15 is 0 Å². The molecule has 0 saturated carbocycles. The van der Waals surface area contributed by atoms with Gasteiger partial charge < -0.3 is 13.9 Å². The van der Waals surface area contributed by atoms with Gasteiger partial charge in [-0.05, 0) is 124 Å². The Morgan fingerprint density at radius 2 is 1.05 bits per heavy atom. The van der Waals surface area contributed by atoms with Crippen molar-refractivity contribution in [1.29, 1.82) is 0 Å². The highest BCUT2D eigenvalue weighted by molar-refractivity contribution is 6.16. The minimum absolute atomic E-state index is 0.353. The Hall–Kier alpha value is -7.62. The van der Waals surface area contributed by atoms with Crippen LogP contribution >= 0.6 is 0 Å². The number of furan rings is 1. The Kier molecular flexibility index (Phi) is 6.58. The first-order valence-corrected chi connectivity index (χ1v) is 20.4. The van der Waals surface area contributed by atoms with E-state index in [9.17, 15) is 0 Å². The van der Waals surface area contributed by atoms with Crippen molar-refractivity contribution in [3.8, 4) is 39.1 Å². The molecule has 0 amide bonds. The van der Waals surface area contributed by atoms with Crippen LogP contribution in [0.25, 0.3) is 82.8 Å². The van der Waals surface area contributed by atoms with Gasteiger partial charge in [0.15, 0.2) is 0 Å². The van der Waals surface area contributed by atoms with E-state index in [1.54, 1.807) is 0 Å². The first-order valence-electron chi connectivity index (χ1n) is 20.4. The van der Waals surface area contributed by atoms with Crippen LogP contribution in [0.4, 0.5) is 17.1 Å². The molecule has 3 heteroatoms. The van der Waals surface area contributed by atoms with Crippen molar-refractivity contribution >= 4 is 60.8 Å². The van der Waals surface area contributed by atoms with Gasteiger partial charge in [0.2, 0.25) is 0 Å². The van der Waals surface area contributed by atoms with E-state index in [1.807, 2.05) is 6.07 Å². The molecule has 13 rings (SSSR count). The molecule has 59 heavy (non-hydrogen) atoms. The second kappa shape index (κ2) is 12.0. The first-order chi connectivity index (χ1) is 29.2. The van der Waals surface area contributed by atoms with E-state index in [1.165, 1.54) is 77.7 Å². The highest BCUT2D eigenvalue weighted by Gasteiger charge is 2.48. The van der Waals surface area contributed by atoms with Gasteiger partial charge in [-0.25, -0.2) is 0 Å². The minimum atomic E-state index is -0.353. The molecule has 0 radical (unpaired) electrons. The van der Waals surface area contributed by atoms with Crippen molar-refractivity contribution in [1.82, 2.24) is 4.57 Å². The fourth-order valence-corrected chi connectivity index (χ4v) is 10.7. The van der Waals surface area contributed by atoms with Crippen LogP contribution in [0, 0.1) is 0 Å². The molecule has 3 heterocycles. The summed E-state index contributed by atoms with van der Waals surface area (Å²) in [5, 5.41) is 4.82. The lowest BCUT2D eigenvalue weighted by Gasteiger charge is -2.42. The second-order valence-corrected chi connectivity index (χ2v) is 16.1. The zero-order valence-electron chi connectivity index (χ0n) is 32.4. The number of fused-ring (bicyclic) bond motifs is 11. The molecule has 2 aromatic heterocycles. The average Bonchev–Trinajstić information content (AvgIpc) is 3.94. The lowest BCUT2D eigenvalue weighted by atomic mass is 9.70. The molecule has 0 spiro atoms. The predicted molar refractivity (Wildman–Crippen MR) is 245 cm³/mol. The Balaban J connectivity index is 1.03. The van der Waals surface area contributed by atoms with E-state index in [4.69, 9.17) is 4.42 Å². The molecule has 0 saturated heterocycles. The summed E-state index contributed by atoms with van der Waals surface area (Å²) in [4.78, 5) is 2.49. The lowest BCUT2D eigenvalue weighted by molar-refractivity contribution is 0.669. The molecular formula is C56H36N2O. The van der Waals surface area contributed by atoms with Crippen LogP contribution < -0.4 is 4.90 Å². The second-order valence-electron chi connectivity index (χ2n) is 16.1. The maximum absolute atomic E-state index is 6.27. The molecule has 11 aromatic rings. The third-order valence-corrected chi connectivity index (χ3v) is 13.2. The van der Waals surface area contributed by atoms with E-state index in [2.05, 4.69) is 211 Å². The molecule has 1 aliphatic carbocycles. The van der Waals surface area contributed by atoms with E-state index in [0.29, 0.717) is 0 Å². The first kappa shape index (κ1) is 32.5. The predicted octanol–water partition coefficient (Wildman–Crippen LogP) is 15.1. The van der Waals surface area contributed by atoms with Crippen LogP contribution in [0.1, 0.15) is 23.6 Å². The largest absolute Gasteiger partial charge is 0.456 e. The van der Waals surface area contributed by atoms with Crippen molar-refractivity contribution in [2.24, 2.45) is 0 Å². The van der Waals surface area contributed by atoms with E-state index in [-0.39, 0.29) is 5.41 Å².